The van der Waals surface area contributed by atoms with Gasteiger partial charge in [0, 0.05) is 13.1 Å². The predicted molar refractivity (Wildman–Crippen MR) is 69.8 cm³/mol. The average Bonchev–Trinajstić information content (AvgIpc) is 2.38. The third-order valence-electron chi connectivity index (χ3n) is 3.07. The number of carboxylic acid groups (broad SMARTS) is 1. The van der Waals surface area contributed by atoms with Crippen molar-refractivity contribution in [2.75, 3.05) is 19.7 Å². The van der Waals surface area contributed by atoms with Gasteiger partial charge in [-0.25, -0.2) is 9.78 Å². The van der Waals surface area contributed by atoms with Gasteiger partial charge in [0.15, 0.2) is 0 Å². The van der Waals surface area contributed by atoms with Crippen LogP contribution in [0.5, 0.6) is 5.75 Å². The topological polar surface area (TPSA) is 62.7 Å². The lowest BCUT2D eigenvalue weighted by Crippen LogP contribution is -2.38. The van der Waals surface area contributed by atoms with Gasteiger partial charge in [-0.3, -0.25) is 0 Å². The summed E-state index contributed by atoms with van der Waals surface area (Å²) in [5, 5.41) is 8.84. The zero-order valence-electron chi connectivity index (χ0n) is 9.88. The zero-order chi connectivity index (χ0) is 13.0. The van der Waals surface area contributed by atoms with E-state index in [4.69, 9.17) is 9.84 Å². The molecule has 0 aromatic carbocycles. The van der Waals surface area contributed by atoms with Gasteiger partial charge in [0.2, 0.25) is 0 Å². The van der Waals surface area contributed by atoms with E-state index in [1.54, 1.807) is 6.20 Å². The number of pyridine rings is 1. The number of ether oxygens (including phenoxy) is 1. The molecule has 0 spiro atoms. The SMILES string of the molecule is O=C(O)N1CCC(COc2ccc(Br)nc2)CC1. The largest absolute Gasteiger partial charge is 0.492 e. The summed E-state index contributed by atoms with van der Waals surface area (Å²) in [6.45, 7) is 1.82. The van der Waals surface area contributed by atoms with Gasteiger partial charge in [-0.05, 0) is 46.8 Å². The molecule has 5 nitrogen and oxygen atoms in total. The van der Waals surface area contributed by atoms with Crippen LogP contribution in [0.1, 0.15) is 12.8 Å². The fraction of sp³-hybridized carbons (Fsp3) is 0.500. The lowest BCUT2D eigenvalue weighted by molar-refractivity contribution is 0.111. The number of rotatable bonds is 3. The van der Waals surface area contributed by atoms with Crippen molar-refractivity contribution in [3.63, 3.8) is 0 Å². The Labute approximate surface area is 114 Å². The van der Waals surface area contributed by atoms with Crippen LogP contribution in [-0.4, -0.2) is 40.8 Å². The van der Waals surface area contributed by atoms with E-state index in [0.29, 0.717) is 25.6 Å². The van der Waals surface area contributed by atoms with E-state index >= 15 is 0 Å². The molecule has 1 fully saturated rings. The fourth-order valence-electron chi connectivity index (χ4n) is 1.95. The molecule has 1 N–H and O–H groups in total. The number of hydrogen-bond donors (Lipinski definition) is 1. The minimum Gasteiger partial charge on any atom is -0.492 e. The second-order valence-corrected chi connectivity index (χ2v) is 5.15. The quantitative estimate of drug-likeness (QED) is 0.871. The Morgan fingerprint density at radius 3 is 2.78 bits per heavy atom. The van der Waals surface area contributed by atoms with Crippen molar-refractivity contribution in [3.8, 4) is 5.75 Å². The van der Waals surface area contributed by atoms with Gasteiger partial charge in [0.1, 0.15) is 10.4 Å². The van der Waals surface area contributed by atoms with Crippen LogP contribution in [0.2, 0.25) is 0 Å². The van der Waals surface area contributed by atoms with E-state index in [0.717, 1.165) is 23.2 Å². The lowest BCUT2D eigenvalue weighted by Gasteiger charge is -2.29. The number of halogens is 1. The maximum Gasteiger partial charge on any atom is 0.407 e. The van der Waals surface area contributed by atoms with E-state index in [1.807, 2.05) is 12.1 Å². The highest BCUT2D eigenvalue weighted by molar-refractivity contribution is 9.10. The van der Waals surface area contributed by atoms with Crippen molar-refractivity contribution in [3.05, 3.63) is 22.9 Å². The van der Waals surface area contributed by atoms with Crippen LogP contribution in [0.3, 0.4) is 0 Å². The first-order chi connectivity index (χ1) is 8.65. The molecule has 6 heteroatoms. The molecule has 2 rings (SSSR count). The monoisotopic (exact) mass is 314 g/mol. The van der Waals surface area contributed by atoms with Crippen LogP contribution >= 0.6 is 15.9 Å². The highest BCUT2D eigenvalue weighted by atomic mass is 79.9. The van der Waals surface area contributed by atoms with E-state index in [2.05, 4.69) is 20.9 Å². The first kappa shape index (κ1) is 13.1. The smallest absolute Gasteiger partial charge is 0.407 e. The summed E-state index contributed by atoms with van der Waals surface area (Å²) in [4.78, 5) is 16.3. The number of likely N-dealkylation sites (tertiary alicyclic amines) is 1. The van der Waals surface area contributed by atoms with Gasteiger partial charge in [0.05, 0.1) is 12.8 Å². The predicted octanol–water partition coefficient (Wildman–Crippen LogP) is 2.61. The molecular formula is C12H15BrN2O3. The summed E-state index contributed by atoms with van der Waals surface area (Å²) in [5.74, 6) is 1.17. The number of aromatic nitrogens is 1. The van der Waals surface area contributed by atoms with E-state index in [9.17, 15) is 4.79 Å². The molecule has 0 radical (unpaired) electrons. The van der Waals surface area contributed by atoms with Crippen molar-refractivity contribution >= 4 is 22.0 Å². The molecule has 0 atom stereocenters. The molecule has 1 aromatic rings. The van der Waals surface area contributed by atoms with Crippen LogP contribution in [-0.2, 0) is 0 Å². The van der Waals surface area contributed by atoms with Gasteiger partial charge in [-0.15, -0.1) is 0 Å². The molecule has 0 bridgehead atoms. The molecule has 2 heterocycles. The van der Waals surface area contributed by atoms with Gasteiger partial charge in [-0.2, -0.15) is 0 Å². The number of piperidine rings is 1. The number of nitrogens with zero attached hydrogens (tertiary/aromatic N) is 2. The minimum atomic E-state index is -0.827. The Balaban J connectivity index is 1.75. The van der Waals surface area contributed by atoms with E-state index in [-0.39, 0.29) is 0 Å². The van der Waals surface area contributed by atoms with Crippen LogP contribution in [0.4, 0.5) is 4.79 Å². The Bertz CT molecular complexity index is 402. The first-order valence-electron chi connectivity index (χ1n) is 5.87. The molecule has 18 heavy (non-hydrogen) atoms. The number of hydrogen-bond acceptors (Lipinski definition) is 3. The van der Waals surface area contributed by atoms with Gasteiger partial charge in [0.25, 0.3) is 0 Å². The van der Waals surface area contributed by atoms with E-state index < -0.39 is 6.09 Å². The summed E-state index contributed by atoms with van der Waals surface area (Å²) < 4.78 is 6.43. The van der Waals surface area contributed by atoms with Gasteiger partial charge >= 0.3 is 6.09 Å². The van der Waals surface area contributed by atoms with Crippen molar-refractivity contribution in [2.45, 2.75) is 12.8 Å². The second-order valence-electron chi connectivity index (χ2n) is 4.34. The average molecular weight is 315 g/mol. The number of carbonyl (C=O) groups is 1. The van der Waals surface area contributed by atoms with Crippen LogP contribution in [0, 0.1) is 5.92 Å². The molecule has 1 aliphatic heterocycles. The summed E-state index contributed by atoms with van der Waals surface area (Å²) in [6.07, 6.45) is 2.56. The molecule has 0 saturated carbocycles. The Kier molecular flexibility index (Phi) is 4.41. The molecule has 1 aromatic heterocycles. The molecule has 1 aliphatic rings. The summed E-state index contributed by atoms with van der Waals surface area (Å²) in [6, 6.07) is 3.70. The molecule has 1 saturated heterocycles. The Hall–Kier alpha value is -1.30. The maximum atomic E-state index is 10.8. The Morgan fingerprint density at radius 1 is 1.50 bits per heavy atom. The summed E-state index contributed by atoms with van der Waals surface area (Å²) >= 11 is 3.27. The van der Waals surface area contributed by atoms with Crippen LogP contribution in [0.15, 0.2) is 22.9 Å². The molecule has 0 aliphatic carbocycles. The van der Waals surface area contributed by atoms with Crippen molar-refractivity contribution < 1.29 is 14.6 Å². The Morgan fingerprint density at radius 2 is 2.22 bits per heavy atom. The van der Waals surface area contributed by atoms with Crippen molar-refractivity contribution in [1.29, 1.82) is 0 Å². The van der Waals surface area contributed by atoms with Crippen molar-refractivity contribution in [2.24, 2.45) is 5.92 Å². The van der Waals surface area contributed by atoms with E-state index in [1.165, 1.54) is 4.90 Å². The lowest BCUT2D eigenvalue weighted by atomic mass is 9.98. The third-order valence-corrected chi connectivity index (χ3v) is 3.54. The maximum absolute atomic E-state index is 10.8. The highest BCUT2D eigenvalue weighted by Crippen LogP contribution is 2.19. The molecular weight excluding hydrogens is 300 g/mol. The molecule has 98 valence electrons. The second kappa shape index (κ2) is 6.04. The molecule has 0 unspecified atom stereocenters. The summed E-state index contributed by atoms with van der Waals surface area (Å²) in [5.41, 5.74) is 0. The fourth-order valence-corrected chi connectivity index (χ4v) is 2.19. The van der Waals surface area contributed by atoms with Gasteiger partial charge in [-0.1, -0.05) is 0 Å². The normalized spacial score (nSPS) is 16.6. The van der Waals surface area contributed by atoms with Gasteiger partial charge < -0.3 is 14.7 Å². The van der Waals surface area contributed by atoms with Crippen LogP contribution in [0.25, 0.3) is 0 Å². The molecule has 1 amide bonds. The third kappa shape index (κ3) is 3.60. The summed E-state index contributed by atoms with van der Waals surface area (Å²) in [7, 11) is 0. The van der Waals surface area contributed by atoms with Crippen LogP contribution < -0.4 is 4.74 Å². The minimum absolute atomic E-state index is 0.421. The first-order valence-corrected chi connectivity index (χ1v) is 6.66. The zero-order valence-corrected chi connectivity index (χ0v) is 11.5. The standard InChI is InChI=1S/C12H15BrN2O3/c13-11-2-1-10(7-14-11)18-8-9-3-5-15(6-4-9)12(16)17/h1-2,7,9H,3-6,8H2,(H,16,17). The highest BCUT2D eigenvalue weighted by Gasteiger charge is 2.22. The van der Waals surface area contributed by atoms with Crippen molar-refractivity contribution in [1.82, 2.24) is 9.88 Å². The number of amides is 1.